The Balaban J connectivity index is 0.000000169. The molecule has 0 N–H and O–H groups in total. The molecule has 18 heavy (non-hydrogen) atoms. The van der Waals surface area contributed by atoms with E-state index in [0.717, 1.165) is 0 Å². The lowest BCUT2D eigenvalue weighted by Crippen LogP contribution is -1.55. The van der Waals surface area contributed by atoms with Gasteiger partial charge in [-0.05, 0) is 83.5 Å². The molecule has 94 valence electrons. The molecule has 3 heterocycles. The average molecular weight is 487 g/mol. The molecule has 6 heteroatoms. The number of hydrogen-bond acceptors (Lipinski definition) is 3. The van der Waals surface area contributed by atoms with Gasteiger partial charge >= 0.3 is 0 Å². The zero-order chi connectivity index (χ0) is 13.0. The van der Waals surface area contributed by atoms with E-state index in [9.17, 15) is 0 Å². The standard InChI is InChI=1S/C8H4Br2S2.C4H3BrS/c9-7-3-1-5(11-7)6-2-4-8(10)12-6;5-4-2-1-3-6-4/h1-4H;1-3H. The Morgan fingerprint density at radius 2 is 1.22 bits per heavy atom. The van der Waals surface area contributed by atoms with Crippen molar-refractivity contribution in [1.82, 2.24) is 0 Å². The topological polar surface area (TPSA) is 0 Å². The first kappa shape index (κ1) is 14.9. The average Bonchev–Trinajstić information content (AvgIpc) is 3.02. The highest BCUT2D eigenvalue weighted by molar-refractivity contribution is 9.11. The van der Waals surface area contributed by atoms with Gasteiger partial charge in [0.15, 0.2) is 0 Å². The third-order valence-corrected chi connectivity index (χ3v) is 6.80. The molecular formula is C12H7Br3S3. The number of hydrogen-bond donors (Lipinski definition) is 0. The molecule has 0 radical (unpaired) electrons. The van der Waals surface area contributed by atoms with Crippen molar-refractivity contribution in [2.75, 3.05) is 0 Å². The van der Waals surface area contributed by atoms with Crippen LogP contribution in [-0.2, 0) is 0 Å². The zero-order valence-corrected chi connectivity index (χ0v) is 16.1. The van der Waals surface area contributed by atoms with Gasteiger partial charge in [0, 0.05) is 9.75 Å². The summed E-state index contributed by atoms with van der Waals surface area (Å²) in [6.07, 6.45) is 0. The van der Waals surface area contributed by atoms with Crippen LogP contribution in [0.1, 0.15) is 0 Å². The highest BCUT2D eigenvalue weighted by Gasteiger charge is 2.03. The second-order valence-electron chi connectivity index (χ2n) is 3.12. The van der Waals surface area contributed by atoms with E-state index < -0.39 is 0 Å². The maximum Gasteiger partial charge on any atom is 0.0705 e. The summed E-state index contributed by atoms with van der Waals surface area (Å²) in [7, 11) is 0. The first-order valence-corrected chi connectivity index (χ1v) is 9.74. The number of halogens is 3. The van der Waals surface area contributed by atoms with Gasteiger partial charge in [-0.15, -0.1) is 34.0 Å². The second-order valence-corrected chi connectivity index (χ2v) is 10.4. The maximum atomic E-state index is 3.45. The predicted molar refractivity (Wildman–Crippen MR) is 95.1 cm³/mol. The number of thiophene rings is 3. The minimum absolute atomic E-state index is 1.18. The fraction of sp³-hybridized carbons (Fsp3) is 0. The van der Waals surface area contributed by atoms with Crippen molar-refractivity contribution in [3.8, 4) is 9.75 Å². The first-order chi connectivity index (χ1) is 8.65. The van der Waals surface area contributed by atoms with Crippen molar-refractivity contribution in [3.05, 3.63) is 53.1 Å². The first-order valence-electron chi connectivity index (χ1n) is 4.85. The van der Waals surface area contributed by atoms with Crippen LogP contribution in [-0.4, -0.2) is 0 Å². The van der Waals surface area contributed by atoms with E-state index in [1.165, 1.54) is 21.1 Å². The van der Waals surface area contributed by atoms with Gasteiger partial charge in [0.25, 0.3) is 0 Å². The van der Waals surface area contributed by atoms with Gasteiger partial charge in [0.2, 0.25) is 0 Å². The van der Waals surface area contributed by atoms with Crippen LogP contribution in [0, 0.1) is 0 Å². The van der Waals surface area contributed by atoms with Crippen LogP contribution in [0.15, 0.2) is 53.1 Å². The molecule has 0 saturated carbocycles. The van der Waals surface area contributed by atoms with E-state index in [4.69, 9.17) is 0 Å². The third kappa shape index (κ3) is 4.58. The van der Waals surface area contributed by atoms with Gasteiger partial charge in [-0.3, -0.25) is 0 Å². The van der Waals surface area contributed by atoms with E-state index in [1.54, 1.807) is 34.0 Å². The summed E-state index contributed by atoms with van der Waals surface area (Å²) in [5.41, 5.74) is 0. The van der Waals surface area contributed by atoms with Crippen molar-refractivity contribution in [3.63, 3.8) is 0 Å². The summed E-state index contributed by atoms with van der Waals surface area (Å²) in [5, 5.41) is 2.03. The van der Waals surface area contributed by atoms with Crippen molar-refractivity contribution in [1.29, 1.82) is 0 Å². The summed E-state index contributed by atoms with van der Waals surface area (Å²) < 4.78 is 3.56. The van der Waals surface area contributed by atoms with Crippen molar-refractivity contribution in [2.45, 2.75) is 0 Å². The molecule has 3 aromatic heterocycles. The number of rotatable bonds is 1. The smallest absolute Gasteiger partial charge is 0.0705 e. The van der Waals surface area contributed by atoms with Crippen LogP contribution in [0.5, 0.6) is 0 Å². The second kappa shape index (κ2) is 7.36. The Morgan fingerprint density at radius 3 is 1.44 bits per heavy atom. The summed E-state index contributed by atoms with van der Waals surface area (Å²) >= 11 is 15.4. The Hall–Kier alpha value is 0.540. The van der Waals surface area contributed by atoms with Crippen molar-refractivity contribution < 1.29 is 0 Å². The van der Waals surface area contributed by atoms with Crippen LogP contribution in [0.3, 0.4) is 0 Å². The SMILES string of the molecule is Brc1ccc(-c2ccc(Br)s2)s1.Brc1cccs1. The molecule has 0 aliphatic heterocycles. The molecule has 3 rings (SSSR count). The van der Waals surface area contributed by atoms with E-state index >= 15 is 0 Å². The van der Waals surface area contributed by atoms with E-state index in [1.807, 2.05) is 17.5 Å². The van der Waals surface area contributed by atoms with Crippen LogP contribution in [0.4, 0.5) is 0 Å². The molecule has 0 atom stereocenters. The quantitative estimate of drug-likeness (QED) is 0.334. The zero-order valence-electron chi connectivity index (χ0n) is 8.90. The van der Waals surface area contributed by atoms with Crippen LogP contribution in [0.25, 0.3) is 9.75 Å². The normalized spacial score (nSPS) is 9.94. The molecule has 0 aromatic carbocycles. The molecule has 0 bridgehead atoms. The van der Waals surface area contributed by atoms with Crippen LogP contribution >= 0.6 is 81.8 Å². The molecule has 3 aromatic rings. The van der Waals surface area contributed by atoms with Gasteiger partial charge in [-0.2, -0.15) is 0 Å². The molecule has 0 amide bonds. The molecule has 0 aliphatic carbocycles. The Bertz CT molecular complexity index is 557. The molecule has 0 fully saturated rings. The fourth-order valence-corrected chi connectivity index (χ4v) is 4.94. The van der Waals surface area contributed by atoms with Crippen molar-refractivity contribution >= 4 is 81.8 Å². The minimum atomic E-state index is 1.18. The largest absolute Gasteiger partial charge is 0.137 e. The lowest BCUT2D eigenvalue weighted by atomic mass is 10.4. The van der Waals surface area contributed by atoms with Gasteiger partial charge in [-0.1, -0.05) is 6.07 Å². The summed E-state index contributed by atoms with van der Waals surface area (Å²) in [6.45, 7) is 0. The van der Waals surface area contributed by atoms with Crippen LogP contribution in [0.2, 0.25) is 0 Å². The molecule has 0 saturated heterocycles. The lowest BCUT2D eigenvalue weighted by Gasteiger charge is -1.86. The van der Waals surface area contributed by atoms with Gasteiger partial charge < -0.3 is 0 Å². The summed E-state index contributed by atoms with van der Waals surface area (Å²) in [6, 6.07) is 12.4. The Labute approximate surface area is 143 Å². The van der Waals surface area contributed by atoms with Gasteiger partial charge in [0.1, 0.15) is 0 Å². The Kier molecular flexibility index (Phi) is 6.11. The molecule has 0 aliphatic rings. The molecule has 0 nitrogen and oxygen atoms in total. The highest BCUT2D eigenvalue weighted by Crippen LogP contribution is 2.36. The van der Waals surface area contributed by atoms with Gasteiger partial charge in [0.05, 0.1) is 11.4 Å². The van der Waals surface area contributed by atoms with E-state index in [-0.39, 0.29) is 0 Å². The molecular weight excluding hydrogens is 480 g/mol. The van der Waals surface area contributed by atoms with E-state index in [0.29, 0.717) is 0 Å². The van der Waals surface area contributed by atoms with E-state index in [2.05, 4.69) is 72.1 Å². The summed E-state index contributed by atoms with van der Waals surface area (Å²) in [5.74, 6) is 0. The maximum absolute atomic E-state index is 3.45. The van der Waals surface area contributed by atoms with Crippen LogP contribution < -0.4 is 0 Å². The predicted octanol–water partition coefficient (Wildman–Crippen LogP) is 7.51. The fourth-order valence-electron chi connectivity index (χ4n) is 1.15. The molecule has 0 unspecified atom stereocenters. The lowest BCUT2D eigenvalue weighted by molar-refractivity contribution is 1.90. The minimum Gasteiger partial charge on any atom is -0.137 e. The third-order valence-electron chi connectivity index (χ3n) is 1.88. The monoisotopic (exact) mass is 484 g/mol. The van der Waals surface area contributed by atoms with Gasteiger partial charge in [-0.25, -0.2) is 0 Å². The van der Waals surface area contributed by atoms with Crippen molar-refractivity contribution in [2.24, 2.45) is 0 Å². The summed E-state index contributed by atoms with van der Waals surface area (Å²) in [4.78, 5) is 2.63. The Morgan fingerprint density at radius 1 is 0.667 bits per heavy atom. The molecule has 0 spiro atoms. The highest BCUT2D eigenvalue weighted by atomic mass is 79.9.